The topological polar surface area (TPSA) is 99.9 Å². The molecule has 0 bridgehead atoms. The number of halogens is 1. The zero-order valence-electron chi connectivity index (χ0n) is 16.5. The van der Waals surface area contributed by atoms with Gasteiger partial charge in [-0.2, -0.15) is 4.98 Å². The van der Waals surface area contributed by atoms with Crippen molar-refractivity contribution in [1.29, 1.82) is 0 Å². The molecular weight excluding hydrogens is 387 g/mol. The van der Waals surface area contributed by atoms with Gasteiger partial charge in [-0.05, 0) is 37.1 Å². The molecule has 2 aromatic heterocycles. The molecule has 3 aromatic rings. The summed E-state index contributed by atoms with van der Waals surface area (Å²) in [4.78, 5) is 26.9. The lowest BCUT2D eigenvalue weighted by Gasteiger charge is -2.34. The molecule has 1 atom stereocenters. The van der Waals surface area contributed by atoms with Crippen molar-refractivity contribution in [3.05, 3.63) is 53.7 Å². The fourth-order valence-corrected chi connectivity index (χ4v) is 4.26. The van der Waals surface area contributed by atoms with E-state index >= 15 is 0 Å². The number of aromatic amines is 1. The smallest absolute Gasteiger partial charge is 0.318 e. The normalized spacial score (nSPS) is 19.5. The van der Waals surface area contributed by atoms with Crippen molar-refractivity contribution in [1.82, 2.24) is 30.3 Å². The highest BCUT2D eigenvalue weighted by Crippen LogP contribution is 2.32. The molecule has 0 radical (unpaired) electrons. The number of benzene rings is 1. The van der Waals surface area contributed by atoms with Gasteiger partial charge < -0.3 is 19.7 Å². The number of urea groups is 1. The number of rotatable bonds is 3. The Morgan fingerprint density at radius 1 is 1.20 bits per heavy atom. The molecule has 2 N–H and O–H groups in total. The highest BCUT2D eigenvalue weighted by Gasteiger charge is 2.36. The van der Waals surface area contributed by atoms with E-state index in [1.54, 1.807) is 23.4 Å². The highest BCUT2D eigenvalue weighted by molar-refractivity contribution is 5.75. The minimum Gasteiger partial charge on any atom is -0.347 e. The van der Waals surface area contributed by atoms with Crippen LogP contribution in [0.2, 0.25) is 0 Å². The van der Waals surface area contributed by atoms with Crippen molar-refractivity contribution >= 4 is 6.03 Å². The Labute approximate surface area is 172 Å². The third kappa shape index (κ3) is 3.67. The van der Waals surface area contributed by atoms with Gasteiger partial charge in [0.25, 0.3) is 0 Å². The van der Waals surface area contributed by atoms with Crippen LogP contribution in [0.5, 0.6) is 0 Å². The third-order valence-electron chi connectivity index (χ3n) is 5.92. The molecule has 3 heterocycles. The van der Waals surface area contributed by atoms with Crippen LogP contribution >= 0.6 is 0 Å². The summed E-state index contributed by atoms with van der Waals surface area (Å²) in [5.41, 5.74) is 2.47. The lowest BCUT2D eigenvalue weighted by Crippen LogP contribution is -2.48. The van der Waals surface area contributed by atoms with E-state index in [2.05, 4.69) is 25.4 Å². The molecule has 0 spiro atoms. The number of aromatic nitrogens is 4. The molecule has 1 fully saturated rings. The maximum atomic E-state index is 13.2. The molecule has 30 heavy (non-hydrogen) atoms. The van der Waals surface area contributed by atoms with E-state index in [9.17, 15) is 9.18 Å². The number of carbonyl (C=O) groups excluding carboxylic acids is 1. The number of imidazole rings is 1. The predicted octanol–water partition coefficient (Wildman–Crippen LogP) is 3.74. The monoisotopic (exact) mass is 410 g/mol. The van der Waals surface area contributed by atoms with Gasteiger partial charge in [-0.3, -0.25) is 0 Å². The van der Waals surface area contributed by atoms with Gasteiger partial charge in [0, 0.05) is 18.0 Å². The summed E-state index contributed by atoms with van der Waals surface area (Å²) >= 11 is 0. The van der Waals surface area contributed by atoms with E-state index in [0.29, 0.717) is 30.2 Å². The maximum absolute atomic E-state index is 13.2. The molecule has 2 amide bonds. The van der Waals surface area contributed by atoms with Crippen LogP contribution in [0.4, 0.5) is 9.18 Å². The van der Waals surface area contributed by atoms with E-state index in [0.717, 1.165) is 37.1 Å². The third-order valence-corrected chi connectivity index (χ3v) is 5.92. The first kappa shape index (κ1) is 18.8. The van der Waals surface area contributed by atoms with Crippen LogP contribution in [-0.4, -0.2) is 37.1 Å². The highest BCUT2D eigenvalue weighted by atomic mass is 19.1. The fourth-order valence-electron chi connectivity index (χ4n) is 4.26. The lowest BCUT2D eigenvalue weighted by molar-refractivity contribution is 0.138. The van der Waals surface area contributed by atoms with Crippen LogP contribution < -0.4 is 5.32 Å². The first-order valence-corrected chi connectivity index (χ1v) is 10.3. The van der Waals surface area contributed by atoms with Gasteiger partial charge in [0.1, 0.15) is 11.9 Å². The van der Waals surface area contributed by atoms with Crippen LogP contribution in [0.25, 0.3) is 11.4 Å². The van der Waals surface area contributed by atoms with Crippen molar-refractivity contribution < 1.29 is 13.7 Å². The Morgan fingerprint density at radius 2 is 2.00 bits per heavy atom. The summed E-state index contributed by atoms with van der Waals surface area (Å²) in [6, 6.07) is 5.57. The van der Waals surface area contributed by atoms with Gasteiger partial charge in [0.15, 0.2) is 0 Å². The van der Waals surface area contributed by atoms with Crippen molar-refractivity contribution in [2.75, 3.05) is 0 Å². The number of fused-ring (bicyclic) bond motifs is 1. The summed E-state index contributed by atoms with van der Waals surface area (Å²) in [5.74, 6) is 0.388. The molecule has 1 aromatic carbocycles. The molecule has 1 aliphatic carbocycles. The van der Waals surface area contributed by atoms with Crippen molar-refractivity contribution in [2.45, 2.75) is 57.2 Å². The number of hydrogen-bond acceptors (Lipinski definition) is 5. The molecule has 0 saturated heterocycles. The largest absolute Gasteiger partial charge is 0.347 e. The van der Waals surface area contributed by atoms with Crippen LogP contribution in [-0.2, 0) is 13.0 Å². The van der Waals surface area contributed by atoms with Gasteiger partial charge in [-0.25, -0.2) is 14.2 Å². The van der Waals surface area contributed by atoms with Crippen LogP contribution in [0.3, 0.4) is 0 Å². The molecule has 1 aliphatic heterocycles. The van der Waals surface area contributed by atoms with Gasteiger partial charge in [-0.1, -0.05) is 24.4 Å². The van der Waals surface area contributed by atoms with Crippen LogP contribution in [0, 0.1) is 5.82 Å². The number of amides is 2. The molecule has 1 saturated carbocycles. The van der Waals surface area contributed by atoms with Crippen LogP contribution in [0.15, 0.2) is 35.1 Å². The molecule has 8 nitrogen and oxygen atoms in total. The zero-order valence-corrected chi connectivity index (χ0v) is 16.5. The molecule has 156 valence electrons. The minimum absolute atomic E-state index is 0.131. The van der Waals surface area contributed by atoms with Crippen molar-refractivity contribution in [3.63, 3.8) is 0 Å². The average Bonchev–Trinajstić information content (AvgIpc) is 3.43. The van der Waals surface area contributed by atoms with E-state index in [1.807, 2.05) is 0 Å². The second kappa shape index (κ2) is 7.89. The Kier molecular flexibility index (Phi) is 4.94. The van der Waals surface area contributed by atoms with Crippen LogP contribution in [0.1, 0.15) is 55.4 Å². The van der Waals surface area contributed by atoms with E-state index in [4.69, 9.17) is 4.52 Å². The number of H-pyrrole nitrogens is 1. The molecule has 9 heteroatoms. The minimum atomic E-state index is -0.411. The summed E-state index contributed by atoms with van der Waals surface area (Å²) in [6.45, 7) is 0.396. The second-order valence-corrected chi connectivity index (χ2v) is 7.92. The summed E-state index contributed by atoms with van der Waals surface area (Å²) in [5, 5.41) is 7.23. The molecule has 0 unspecified atom stereocenters. The Morgan fingerprint density at radius 3 is 2.80 bits per heavy atom. The Balaban J connectivity index is 1.41. The Hall–Kier alpha value is -3.23. The predicted molar refractivity (Wildman–Crippen MR) is 106 cm³/mol. The quantitative estimate of drug-likeness (QED) is 0.685. The zero-order chi connectivity index (χ0) is 20.5. The lowest BCUT2D eigenvalue weighted by atomic mass is 9.95. The maximum Gasteiger partial charge on any atom is 0.318 e. The number of nitrogens with one attached hydrogen (secondary N) is 2. The molecule has 5 rings (SSSR count). The fraction of sp³-hybridized carbons (Fsp3) is 0.429. The summed E-state index contributed by atoms with van der Waals surface area (Å²) < 4.78 is 18.8. The average molecular weight is 410 g/mol. The summed E-state index contributed by atoms with van der Waals surface area (Å²) in [7, 11) is 0. The van der Waals surface area contributed by atoms with Crippen molar-refractivity contribution in [2.24, 2.45) is 0 Å². The van der Waals surface area contributed by atoms with E-state index < -0.39 is 6.04 Å². The number of carbonyl (C=O) groups is 1. The van der Waals surface area contributed by atoms with E-state index in [1.165, 1.54) is 18.6 Å². The second-order valence-electron chi connectivity index (χ2n) is 7.92. The number of hydrogen-bond donors (Lipinski definition) is 2. The SMILES string of the molecule is O=C(NC1CCCCC1)N1Cc2[nH]cnc2C[C@H]1c1nc(-c2ccc(F)cc2)no1. The standard InChI is InChI=1S/C21H23FN6O2/c22-14-8-6-13(7-9-14)19-26-20(30-27-19)18-10-16-17(24-12-23-16)11-28(18)21(29)25-15-4-2-1-3-5-15/h6-9,12,15,18H,1-5,10-11H2,(H,23,24)(H,25,29)/t18-/m0/s1. The molecular formula is C21H23FN6O2. The Bertz CT molecular complexity index is 1020. The first-order chi connectivity index (χ1) is 14.7. The van der Waals surface area contributed by atoms with E-state index in [-0.39, 0.29) is 17.9 Å². The van der Waals surface area contributed by atoms with Gasteiger partial charge in [-0.15, -0.1) is 0 Å². The van der Waals surface area contributed by atoms with Crippen molar-refractivity contribution in [3.8, 4) is 11.4 Å². The van der Waals surface area contributed by atoms with Gasteiger partial charge in [0.05, 0.1) is 24.3 Å². The number of nitrogens with zero attached hydrogens (tertiary/aromatic N) is 4. The first-order valence-electron chi connectivity index (χ1n) is 10.3. The summed E-state index contributed by atoms with van der Waals surface area (Å²) in [6.07, 6.45) is 7.66. The van der Waals surface area contributed by atoms with Gasteiger partial charge in [0.2, 0.25) is 11.7 Å². The molecule has 2 aliphatic rings. The van der Waals surface area contributed by atoms with Gasteiger partial charge >= 0.3 is 6.03 Å².